The summed E-state index contributed by atoms with van der Waals surface area (Å²) < 4.78 is 20.3. The summed E-state index contributed by atoms with van der Waals surface area (Å²) in [5.74, 6) is 0. The van der Waals surface area contributed by atoms with Crippen LogP contribution in [0.1, 0.15) is 26.3 Å². The van der Waals surface area contributed by atoms with Crippen LogP contribution < -0.4 is 0 Å². The first-order valence-electron chi connectivity index (χ1n) is 6.71. The van der Waals surface area contributed by atoms with Gasteiger partial charge in [0.25, 0.3) is 0 Å². The van der Waals surface area contributed by atoms with Gasteiger partial charge in [-0.05, 0) is 90.6 Å². The minimum absolute atomic E-state index is 0.116. The summed E-state index contributed by atoms with van der Waals surface area (Å²) in [6, 6.07) is 6.07. The molecule has 0 bridgehead atoms. The maximum Gasteiger partial charge on any atom is 0.0928 e. The lowest BCUT2D eigenvalue weighted by Gasteiger charge is -2.29. The van der Waals surface area contributed by atoms with Gasteiger partial charge >= 0.3 is 0 Å². The third-order valence-electron chi connectivity index (χ3n) is 3.37. The zero-order chi connectivity index (χ0) is 15.8. The summed E-state index contributed by atoms with van der Waals surface area (Å²) >= 11 is 4.54. The van der Waals surface area contributed by atoms with Crippen LogP contribution in [0.3, 0.4) is 0 Å². The molecule has 0 spiro atoms. The number of hydrogen-bond donors (Lipinski definition) is 0. The van der Waals surface area contributed by atoms with Gasteiger partial charge in [-0.1, -0.05) is 24.3 Å². The monoisotopic (exact) mass is 527 g/mol. The lowest BCUT2D eigenvalue weighted by Crippen LogP contribution is -2.35. The lowest BCUT2D eigenvalue weighted by atomic mass is 10.2. The van der Waals surface area contributed by atoms with Crippen molar-refractivity contribution < 1.29 is 4.21 Å². The smallest absolute Gasteiger partial charge is 0.0928 e. The average Bonchev–Trinajstić information content (AvgIpc) is 2.78. The van der Waals surface area contributed by atoms with Gasteiger partial charge in [0.1, 0.15) is 0 Å². The van der Waals surface area contributed by atoms with Gasteiger partial charge in [-0.15, -0.1) is 0 Å². The fourth-order valence-corrected chi connectivity index (χ4v) is 6.79. The van der Waals surface area contributed by atoms with Crippen LogP contribution in [0.15, 0.2) is 44.4 Å². The van der Waals surface area contributed by atoms with Crippen LogP contribution in [0.2, 0.25) is 0 Å². The average molecular weight is 527 g/mol. The number of allylic oxidation sites excluding steroid dienone is 2. The van der Waals surface area contributed by atoms with E-state index in [4.69, 9.17) is 4.36 Å². The van der Waals surface area contributed by atoms with E-state index < -0.39 is 14.5 Å². The molecule has 0 saturated carbocycles. The van der Waals surface area contributed by atoms with E-state index in [9.17, 15) is 4.21 Å². The zero-order valence-corrected chi connectivity index (χ0v) is 17.7. The largest absolute Gasteiger partial charge is 0.248 e. The zero-order valence-electron chi connectivity index (χ0n) is 12.6. The highest BCUT2D eigenvalue weighted by Gasteiger charge is 2.36. The van der Waals surface area contributed by atoms with Gasteiger partial charge in [0.05, 0.1) is 20.7 Å². The van der Waals surface area contributed by atoms with Crippen LogP contribution in [0, 0.1) is 10.5 Å². The van der Waals surface area contributed by atoms with Crippen molar-refractivity contribution in [1.82, 2.24) is 0 Å². The van der Waals surface area contributed by atoms with Gasteiger partial charge in [-0.3, -0.25) is 0 Å². The summed E-state index contributed by atoms with van der Waals surface area (Å²) in [5, 5.41) is -0.116. The quantitative estimate of drug-likeness (QED) is 0.451. The normalized spacial score (nSPS) is 21.0. The minimum Gasteiger partial charge on any atom is -0.248 e. The summed E-state index contributed by atoms with van der Waals surface area (Å²) in [7, 11) is -2.46. The molecule has 0 heterocycles. The molecule has 2 atom stereocenters. The molecule has 0 aromatic heterocycles. The summed E-state index contributed by atoms with van der Waals surface area (Å²) in [6.07, 6.45) is 6.01. The second kappa shape index (κ2) is 6.31. The summed E-state index contributed by atoms with van der Waals surface area (Å²) in [4.78, 5) is 0. The van der Waals surface area contributed by atoms with Crippen molar-refractivity contribution in [2.75, 3.05) is 0 Å². The van der Waals surface area contributed by atoms with E-state index in [1.54, 1.807) is 0 Å². The van der Waals surface area contributed by atoms with Crippen molar-refractivity contribution >= 4 is 60.6 Å². The van der Waals surface area contributed by atoms with Crippen LogP contribution in [0.25, 0.3) is 0 Å². The van der Waals surface area contributed by atoms with Crippen LogP contribution in [0.4, 0.5) is 5.69 Å². The molecule has 0 amide bonds. The first kappa shape index (κ1) is 17.5. The van der Waals surface area contributed by atoms with Gasteiger partial charge < -0.3 is 0 Å². The van der Waals surface area contributed by atoms with Gasteiger partial charge in [-0.2, -0.15) is 4.36 Å². The molecule has 1 aliphatic rings. The second-order valence-corrected chi connectivity index (χ2v) is 11.5. The van der Waals surface area contributed by atoms with E-state index in [0.717, 1.165) is 12.8 Å². The Morgan fingerprint density at radius 1 is 1.24 bits per heavy atom. The predicted molar refractivity (Wildman–Crippen MR) is 109 cm³/mol. The molecule has 0 aliphatic heterocycles. The molecule has 1 aromatic carbocycles. The van der Waals surface area contributed by atoms with Gasteiger partial charge in [0.2, 0.25) is 0 Å². The third-order valence-corrected chi connectivity index (χ3v) is 9.01. The standard InChI is InChI=1S/C16H19I2NOS/c1-11-8-9-14(13(18)10-11)19-21(20,16(2,3)4)15-7-5-6-12(15)17/h5-10,15H,1-4H3. The van der Waals surface area contributed by atoms with Gasteiger partial charge in [0.15, 0.2) is 0 Å². The van der Waals surface area contributed by atoms with Gasteiger partial charge in [-0.25, -0.2) is 4.21 Å². The van der Waals surface area contributed by atoms with Crippen molar-refractivity contribution in [3.63, 3.8) is 0 Å². The molecule has 0 fully saturated rings. The van der Waals surface area contributed by atoms with E-state index in [2.05, 4.69) is 58.2 Å². The molecular formula is C16H19I2NOS. The van der Waals surface area contributed by atoms with Gasteiger partial charge in [0, 0.05) is 11.9 Å². The van der Waals surface area contributed by atoms with Crippen LogP contribution >= 0.6 is 45.2 Å². The van der Waals surface area contributed by atoms with Crippen molar-refractivity contribution in [3.05, 3.63) is 49.1 Å². The van der Waals surface area contributed by atoms with Crippen LogP contribution in [0.5, 0.6) is 0 Å². The molecule has 0 saturated heterocycles. The Morgan fingerprint density at radius 3 is 2.38 bits per heavy atom. The molecule has 114 valence electrons. The molecular weight excluding hydrogens is 508 g/mol. The minimum atomic E-state index is -2.46. The second-order valence-electron chi connectivity index (χ2n) is 6.08. The van der Waals surface area contributed by atoms with E-state index in [1.165, 1.54) is 5.56 Å². The Labute approximate surface area is 154 Å². The Kier molecular flexibility index (Phi) is 5.25. The highest BCUT2D eigenvalue weighted by Crippen LogP contribution is 2.37. The Bertz CT molecular complexity index is 735. The van der Waals surface area contributed by atoms with E-state index in [1.807, 2.05) is 51.1 Å². The maximum absolute atomic E-state index is 13.8. The Balaban J connectivity index is 2.67. The first-order valence-corrected chi connectivity index (χ1v) is 10.4. The van der Waals surface area contributed by atoms with Crippen molar-refractivity contribution in [2.24, 2.45) is 4.36 Å². The van der Waals surface area contributed by atoms with Crippen molar-refractivity contribution in [1.29, 1.82) is 0 Å². The fourth-order valence-electron chi connectivity index (χ4n) is 2.10. The third kappa shape index (κ3) is 3.55. The topological polar surface area (TPSA) is 29.4 Å². The highest BCUT2D eigenvalue weighted by atomic mass is 127. The number of hydrogen-bond acceptors (Lipinski definition) is 2. The predicted octanol–water partition coefficient (Wildman–Crippen LogP) is 5.75. The Hall–Kier alpha value is 0.110. The van der Waals surface area contributed by atoms with Crippen molar-refractivity contribution in [3.8, 4) is 0 Å². The van der Waals surface area contributed by atoms with E-state index in [-0.39, 0.29) is 5.25 Å². The SMILES string of the molecule is Cc1ccc(N=S(=O)(C2C=CC=C2I)C(C)(C)C)c(I)c1. The molecule has 21 heavy (non-hydrogen) atoms. The number of nitrogens with zero attached hydrogens (tertiary/aromatic N) is 1. The number of halogens is 2. The van der Waals surface area contributed by atoms with Crippen LogP contribution in [-0.2, 0) is 9.73 Å². The van der Waals surface area contributed by atoms with E-state index in [0.29, 0.717) is 0 Å². The maximum atomic E-state index is 13.8. The number of benzene rings is 1. The number of rotatable bonds is 2. The first-order chi connectivity index (χ1) is 9.65. The summed E-state index contributed by atoms with van der Waals surface area (Å²) in [6.45, 7) is 8.08. The molecule has 5 heteroatoms. The van der Waals surface area contributed by atoms with E-state index >= 15 is 0 Å². The highest BCUT2D eigenvalue weighted by molar-refractivity contribution is 14.1. The fraction of sp³-hybridized carbons (Fsp3) is 0.375. The molecule has 2 nitrogen and oxygen atoms in total. The Morgan fingerprint density at radius 2 is 1.90 bits per heavy atom. The van der Waals surface area contributed by atoms with Crippen molar-refractivity contribution in [2.45, 2.75) is 37.7 Å². The van der Waals surface area contributed by atoms with Crippen LogP contribution in [-0.4, -0.2) is 14.2 Å². The molecule has 1 aliphatic carbocycles. The number of aryl methyl sites for hydroxylation is 1. The lowest BCUT2D eigenvalue weighted by molar-refractivity contribution is 0.638. The molecule has 2 unspecified atom stereocenters. The molecule has 0 N–H and O–H groups in total. The summed E-state index contributed by atoms with van der Waals surface area (Å²) in [5.41, 5.74) is 2.02. The molecule has 1 aromatic rings. The molecule has 2 rings (SSSR count). The molecule has 0 radical (unpaired) electrons.